The molecular weight excluding hydrogens is 250 g/mol. The summed E-state index contributed by atoms with van der Waals surface area (Å²) in [7, 11) is 1.65. The predicted molar refractivity (Wildman–Crippen MR) is 78.0 cm³/mol. The van der Waals surface area contributed by atoms with Gasteiger partial charge in [0, 0.05) is 18.2 Å². The fourth-order valence-electron chi connectivity index (χ4n) is 2.82. The number of carbonyl (C=O) groups excluding carboxylic acids is 1. The van der Waals surface area contributed by atoms with Gasteiger partial charge in [-0.3, -0.25) is 9.78 Å². The quantitative estimate of drug-likeness (QED) is 0.835. The third-order valence-corrected chi connectivity index (χ3v) is 3.76. The number of aromatic nitrogens is 1. The molecule has 3 heteroatoms. The average Bonchev–Trinajstić information content (AvgIpc) is 2.46. The lowest BCUT2D eigenvalue weighted by Gasteiger charge is -2.22. The molecule has 1 heterocycles. The second kappa shape index (κ2) is 5.08. The fourth-order valence-corrected chi connectivity index (χ4v) is 2.82. The van der Waals surface area contributed by atoms with Crippen LogP contribution in [-0.2, 0) is 6.42 Å². The lowest BCUT2D eigenvalue weighted by atomic mass is 9.83. The predicted octanol–water partition coefficient (Wildman–Crippen LogP) is 3.52. The lowest BCUT2D eigenvalue weighted by molar-refractivity contribution is 0.0953. The Kier molecular flexibility index (Phi) is 3.26. The van der Waals surface area contributed by atoms with E-state index in [9.17, 15) is 4.79 Å². The van der Waals surface area contributed by atoms with E-state index in [4.69, 9.17) is 4.74 Å². The van der Waals surface area contributed by atoms with Crippen LogP contribution in [0.15, 0.2) is 36.5 Å². The van der Waals surface area contributed by atoms with Gasteiger partial charge in [-0.05, 0) is 41.7 Å². The third kappa shape index (κ3) is 2.20. The van der Waals surface area contributed by atoms with Crippen LogP contribution >= 0.6 is 0 Å². The van der Waals surface area contributed by atoms with Crippen molar-refractivity contribution in [2.75, 3.05) is 7.11 Å². The van der Waals surface area contributed by atoms with Crippen molar-refractivity contribution in [2.24, 2.45) is 5.92 Å². The van der Waals surface area contributed by atoms with Gasteiger partial charge in [0.15, 0.2) is 5.78 Å². The second-order valence-corrected chi connectivity index (χ2v) is 5.35. The zero-order chi connectivity index (χ0) is 14.1. The van der Waals surface area contributed by atoms with Gasteiger partial charge in [-0.25, -0.2) is 0 Å². The molecular formula is C17H17NO2. The SMILES string of the molecule is COc1cccc(-c2ccnc3c2C(=O)C[C@@H](C)C3)c1. The average molecular weight is 267 g/mol. The first-order valence-corrected chi connectivity index (χ1v) is 6.84. The number of hydrogen-bond acceptors (Lipinski definition) is 3. The van der Waals surface area contributed by atoms with Gasteiger partial charge >= 0.3 is 0 Å². The van der Waals surface area contributed by atoms with Crippen LogP contribution in [0.2, 0.25) is 0 Å². The summed E-state index contributed by atoms with van der Waals surface area (Å²) in [5.41, 5.74) is 3.68. The van der Waals surface area contributed by atoms with Gasteiger partial charge in [0.25, 0.3) is 0 Å². The Morgan fingerprint density at radius 2 is 2.10 bits per heavy atom. The van der Waals surface area contributed by atoms with Crippen molar-refractivity contribution in [2.45, 2.75) is 19.8 Å². The zero-order valence-corrected chi connectivity index (χ0v) is 11.7. The number of nitrogens with zero attached hydrogens (tertiary/aromatic N) is 1. The normalized spacial score (nSPS) is 17.7. The van der Waals surface area contributed by atoms with Crippen LogP contribution in [0.4, 0.5) is 0 Å². The van der Waals surface area contributed by atoms with Crippen LogP contribution in [-0.4, -0.2) is 17.9 Å². The molecule has 0 aliphatic heterocycles. The summed E-state index contributed by atoms with van der Waals surface area (Å²) in [6.07, 6.45) is 3.27. The van der Waals surface area contributed by atoms with E-state index >= 15 is 0 Å². The summed E-state index contributed by atoms with van der Waals surface area (Å²) < 4.78 is 5.26. The summed E-state index contributed by atoms with van der Waals surface area (Å²) in [5, 5.41) is 0. The van der Waals surface area contributed by atoms with E-state index in [1.807, 2.05) is 30.3 Å². The number of rotatable bonds is 2. The minimum absolute atomic E-state index is 0.199. The molecule has 0 saturated heterocycles. The van der Waals surface area contributed by atoms with Crippen LogP contribution in [0.1, 0.15) is 29.4 Å². The first-order valence-electron chi connectivity index (χ1n) is 6.84. The monoisotopic (exact) mass is 267 g/mol. The number of ketones is 1. The summed E-state index contributed by atoms with van der Waals surface area (Å²) >= 11 is 0. The van der Waals surface area contributed by atoms with Crippen molar-refractivity contribution >= 4 is 5.78 Å². The highest BCUT2D eigenvalue weighted by atomic mass is 16.5. The summed E-state index contributed by atoms with van der Waals surface area (Å²) in [6, 6.07) is 9.73. The maximum atomic E-state index is 12.4. The van der Waals surface area contributed by atoms with Crippen molar-refractivity contribution in [3.63, 3.8) is 0 Å². The van der Waals surface area contributed by atoms with Gasteiger partial charge < -0.3 is 4.74 Å². The summed E-state index contributed by atoms with van der Waals surface area (Å²) in [6.45, 7) is 2.10. The molecule has 1 aromatic heterocycles. The van der Waals surface area contributed by atoms with Gasteiger partial charge in [-0.15, -0.1) is 0 Å². The fraction of sp³-hybridized carbons (Fsp3) is 0.294. The van der Waals surface area contributed by atoms with Gasteiger partial charge in [0.05, 0.1) is 12.8 Å². The van der Waals surface area contributed by atoms with Crippen molar-refractivity contribution in [1.82, 2.24) is 4.98 Å². The van der Waals surface area contributed by atoms with Gasteiger partial charge in [-0.1, -0.05) is 19.1 Å². The summed E-state index contributed by atoms with van der Waals surface area (Å²) in [5.74, 6) is 1.37. The molecule has 20 heavy (non-hydrogen) atoms. The highest BCUT2D eigenvalue weighted by Gasteiger charge is 2.26. The first kappa shape index (κ1) is 12.9. The maximum absolute atomic E-state index is 12.4. The Labute approximate surface area is 118 Å². The molecule has 0 amide bonds. The Bertz CT molecular complexity index is 664. The highest BCUT2D eigenvalue weighted by molar-refractivity contribution is 6.04. The van der Waals surface area contributed by atoms with Gasteiger partial charge in [0.2, 0.25) is 0 Å². The molecule has 1 aliphatic carbocycles. The van der Waals surface area contributed by atoms with Crippen molar-refractivity contribution in [3.05, 3.63) is 47.8 Å². The molecule has 1 aliphatic rings. The third-order valence-electron chi connectivity index (χ3n) is 3.76. The van der Waals surface area contributed by atoms with Gasteiger partial charge in [0.1, 0.15) is 5.75 Å². The number of pyridine rings is 1. The van der Waals surface area contributed by atoms with E-state index in [1.165, 1.54) is 0 Å². The zero-order valence-electron chi connectivity index (χ0n) is 11.7. The van der Waals surface area contributed by atoms with E-state index < -0.39 is 0 Å². The van der Waals surface area contributed by atoms with Crippen molar-refractivity contribution in [3.8, 4) is 16.9 Å². The Morgan fingerprint density at radius 1 is 1.25 bits per heavy atom. The minimum atomic E-state index is 0.199. The van der Waals surface area contributed by atoms with E-state index in [0.29, 0.717) is 12.3 Å². The topological polar surface area (TPSA) is 39.2 Å². The number of fused-ring (bicyclic) bond motifs is 1. The maximum Gasteiger partial charge on any atom is 0.165 e. The molecule has 0 fully saturated rings. The van der Waals surface area contributed by atoms with Gasteiger partial charge in [-0.2, -0.15) is 0 Å². The van der Waals surface area contributed by atoms with Crippen molar-refractivity contribution < 1.29 is 9.53 Å². The van der Waals surface area contributed by atoms with E-state index in [2.05, 4.69) is 11.9 Å². The molecule has 0 N–H and O–H groups in total. The number of ether oxygens (including phenoxy) is 1. The number of hydrogen-bond donors (Lipinski definition) is 0. The van der Waals surface area contributed by atoms with Crippen LogP contribution in [0.5, 0.6) is 5.75 Å². The standard InChI is InChI=1S/C17H17NO2/c1-11-8-15-17(16(19)9-11)14(6-7-18-15)12-4-3-5-13(10-12)20-2/h3-7,10-11H,8-9H2,1-2H3/t11-/m0/s1. The smallest absolute Gasteiger partial charge is 0.165 e. The Hall–Kier alpha value is -2.16. The number of methoxy groups -OCH3 is 1. The number of carbonyl (C=O) groups is 1. The molecule has 2 aromatic rings. The molecule has 3 nitrogen and oxygen atoms in total. The van der Waals surface area contributed by atoms with E-state index in [0.717, 1.165) is 34.6 Å². The van der Waals surface area contributed by atoms with Crippen LogP contribution in [0.25, 0.3) is 11.1 Å². The molecule has 0 radical (unpaired) electrons. The summed E-state index contributed by atoms with van der Waals surface area (Å²) in [4.78, 5) is 16.8. The molecule has 102 valence electrons. The molecule has 0 unspecified atom stereocenters. The molecule has 1 atom stereocenters. The minimum Gasteiger partial charge on any atom is -0.497 e. The lowest BCUT2D eigenvalue weighted by Crippen LogP contribution is -2.20. The number of benzene rings is 1. The van der Waals surface area contributed by atoms with Crippen LogP contribution in [0.3, 0.4) is 0 Å². The molecule has 0 spiro atoms. The molecule has 0 saturated carbocycles. The first-order chi connectivity index (χ1) is 9.69. The number of Topliss-reactive ketones (excluding diaryl/α,β-unsaturated/α-hetero) is 1. The Balaban J connectivity index is 2.15. The largest absolute Gasteiger partial charge is 0.497 e. The second-order valence-electron chi connectivity index (χ2n) is 5.35. The molecule has 1 aromatic carbocycles. The van der Waals surface area contributed by atoms with E-state index in [1.54, 1.807) is 13.3 Å². The molecule has 3 rings (SSSR count). The highest BCUT2D eigenvalue weighted by Crippen LogP contribution is 2.33. The van der Waals surface area contributed by atoms with Crippen LogP contribution < -0.4 is 4.74 Å². The van der Waals surface area contributed by atoms with Crippen molar-refractivity contribution in [1.29, 1.82) is 0 Å². The Morgan fingerprint density at radius 3 is 2.90 bits per heavy atom. The molecule has 0 bridgehead atoms. The van der Waals surface area contributed by atoms with E-state index in [-0.39, 0.29) is 5.78 Å². The van der Waals surface area contributed by atoms with Crippen LogP contribution in [0, 0.1) is 5.92 Å².